The molecule has 0 rings (SSSR count). The Morgan fingerprint density at radius 1 is 1.70 bits per heavy atom. The van der Waals surface area contributed by atoms with Crippen LogP contribution in [0.4, 0.5) is 0 Å². The second-order valence-corrected chi connectivity index (χ2v) is 2.58. The van der Waals surface area contributed by atoms with Crippen molar-refractivity contribution in [2.24, 2.45) is 0 Å². The Balaban J connectivity index is 3.36. The zero-order valence-corrected chi connectivity index (χ0v) is 8.43. The quantitative estimate of drug-likeness (QED) is 0.316. The van der Waals surface area contributed by atoms with Gasteiger partial charge in [0.15, 0.2) is 0 Å². The van der Waals surface area contributed by atoms with Gasteiger partial charge in [-0.2, -0.15) is 0 Å². The van der Waals surface area contributed by atoms with E-state index >= 15 is 0 Å². The molecule has 0 N–H and O–H groups in total. The zero-order valence-electron chi connectivity index (χ0n) is 6.27. The molecule has 0 fully saturated rings. The van der Waals surface area contributed by atoms with Gasteiger partial charge in [0.05, 0.1) is 7.11 Å². The molecule has 0 heterocycles. The SMILES string of the molecule is C=CCCC/C(=C\I)OC. The summed E-state index contributed by atoms with van der Waals surface area (Å²) in [7, 11) is 1.71. The molecule has 0 aromatic rings. The number of allylic oxidation sites excluding steroid dienone is 2. The molecule has 0 atom stereocenters. The van der Waals surface area contributed by atoms with Crippen LogP contribution in [-0.2, 0) is 4.74 Å². The molecule has 0 bridgehead atoms. The maximum absolute atomic E-state index is 5.07. The van der Waals surface area contributed by atoms with E-state index in [2.05, 4.69) is 29.2 Å². The number of ether oxygens (including phenoxy) is 1. The summed E-state index contributed by atoms with van der Waals surface area (Å²) >= 11 is 2.19. The largest absolute Gasteiger partial charge is 0.501 e. The third-order valence-corrected chi connectivity index (χ3v) is 1.91. The van der Waals surface area contributed by atoms with Crippen molar-refractivity contribution in [3.8, 4) is 0 Å². The minimum Gasteiger partial charge on any atom is -0.501 e. The summed E-state index contributed by atoms with van der Waals surface area (Å²) in [5.74, 6) is 1.06. The summed E-state index contributed by atoms with van der Waals surface area (Å²) in [5.41, 5.74) is 0. The molecule has 10 heavy (non-hydrogen) atoms. The molecule has 0 aliphatic heterocycles. The second-order valence-electron chi connectivity index (χ2n) is 1.96. The Hall–Kier alpha value is 0.01000. The molecule has 0 saturated carbocycles. The van der Waals surface area contributed by atoms with E-state index in [0.717, 1.165) is 25.0 Å². The number of rotatable bonds is 5. The first-order chi connectivity index (χ1) is 4.85. The van der Waals surface area contributed by atoms with Gasteiger partial charge in [0, 0.05) is 10.5 Å². The minimum absolute atomic E-state index is 1.02. The Labute approximate surface area is 76.3 Å². The summed E-state index contributed by atoms with van der Waals surface area (Å²) in [6.45, 7) is 3.65. The first-order valence-electron chi connectivity index (χ1n) is 3.29. The molecular weight excluding hydrogens is 239 g/mol. The topological polar surface area (TPSA) is 9.23 Å². The van der Waals surface area contributed by atoms with Crippen LogP contribution in [0.1, 0.15) is 19.3 Å². The summed E-state index contributed by atoms with van der Waals surface area (Å²) in [6.07, 6.45) is 5.15. The highest BCUT2D eigenvalue weighted by Crippen LogP contribution is 2.09. The maximum atomic E-state index is 5.07. The highest BCUT2D eigenvalue weighted by atomic mass is 127. The van der Waals surface area contributed by atoms with Gasteiger partial charge in [0.25, 0.3) is 0 Å². The number of halogens is 1. The van der Waals surface area contributed by atoms with Crippen molar-refractivity contribution in [2.45, 2.75) is 19.3 Å². The predicted molar refractivity (Wildman–Crippen MR) is 53.2 cm³/mol. The third kappa shape index (κ3) is 4.85. The molecule has 0 amide bonds. The number of methoxy groups -OCH3 is 1. The molecule has 1 nitrogen and oxygen atoms in total. The van der Waals surface area contributed by atoms with Crippen LogP contribution < -0.4 is 0 Å². The van der Waals surface area contributed by atoms with Crippen molar-refractivity contribution < 1.29 is 4.74 Å². The summed E-state index contributed by atoms with van der Waals surface area (Å²) in [4.78, 5) is 0. The normalized spacial score (nSPS) is 11.2. The molecule has 0 aromatic carbocycles. The van der Waals surface area contributed by atoms with E-state index in [9.17, 15) is 0 Å². The van der Waals surface area contributed by atoms with Crippen molar-refractivity contribution in [3.05, 3.63) is 22.5 Å². The minimum atomic E-state index is 1.02. The van der Waals surface area contributed by atoms with Crippen LogP contribution in [0.2, 0.25) is 0 Å². The Kier molecular flexibility index (Phi) is 7.13. The average molecular weight is 252 g/mol. The zero-order chi connectivity index (χ0) is 7.82. The number of hydrogen-bond donors (Lipinski definition) is 0. The van der Waals surface area contributed by atoms with Crippen LogP contribution in [0.15, 0.2) is 22.5 Å². The van der Waals surface area contributed by atoms with Crippen molar-refractivity contribution in [3.63, 3.8) is 0 Å². The number of hydrogen-bond acceptors (Lipinski definition) is 1. The molecule has 0 aliphatic carbocycles. The molecular formula is C8H13IO. The van der Waals surface area contributed by atoms with Crippen LogP contribution in [0, 0.1) is 0 Å². The summed E-state index contributed by atoms with van der Waals surface area (Å²) in [6, 6.07) is 0. The molecule has 2 heteroatoms. The highest BCUT2D eigenvalue weighted by Gasteiger charge is 1.92. The van der Waals surface area contributed by atoms with Crippen molar-refractivity contribution in [1.29, 1.82) is 0 Å². The van der Waals surface area contributed by atoms with Gasteiger partial charge in [-0.1, -0.05) is 6.08 Å². The first-order valence-corrected chi connectivity index (χ1v) is 4.53. The van der Waals surface area contributed by atoms with Crippen LogP contribution in [0.25, 0.3) is 0 Å². The van der Waals surface area contributed by atoms with E-state index in [1.807, 2.05) is 10.2 Å². The van der Waals surface area contributed by atoms with Crippen molar-refractivity contribution in [2.75, 3.05) is 7.11 Å². The monoisotopic (exact) mass is 252 g/mol. The fourth-order valence-electron chi connectivity index (χ4n) is 0.622. The Bertz CT molecular complexity index is 118. The van der Waals surface area contributed by atoms with Gasteiger partial charge in [0.2, 0.25) is 0 Å². The van der Waals surface area contributed by atoms with Crippen LogP contribution in [0.5, 0.6) is 0 Å². The first kappa shape index (κ1) is 10.0. The third-order valence-electron chi connectivity index (χ3n) is 1.22. The lowest BCUT2D eigenvalue weighted by atomic mass is 10.2. The molecule has 58 valence electrons. The lowest BCUT2D eigenvalue weighted by Gasteiger charge is -2.01. The maximum Gasteiger partial charge on any atom is 0.102 e. The van der Waals surface area contributed by atoms with Crippen molar-refractivity contribution >= 4 is 22.6 Å². The van der Waals surface area contributed by atoms with E-state index in [1.165, 1.54) is 0 Å². The smallest absolute Gasteiger partial charge is 0.102 e. The Morgan fingerprint density at radius 3 is 2.80 bits per heavy atom. The molecule has 0 saturated heterocycles. The van der Waals surface area contributed by atoms with E-state index in [4.69, 9.17) is 4.74 Å². The van der Waals surface area contributed by atoms with Gasteiger partial charge in [-0.15, -0.1) is 6.58 Å². The van der Waals surface area contributed by atoms with Gasteiger partial charge in [-0.25, -0.2) is 0 Å². The van der Waals surface area contributed by atoms with Gasteiger partial charge < -0.3 is 4.74 Å². The molecule has 0 aliphatic rings. The van der Waals surface area contributed by atoms with Crippen LogP contribution in [-0.4, -0.2) is 7.11 Å². The van der Waals surface area contributed by atoms with E-state index in [1.54, 1.807) is 7.11 Å². The molecule has 0 spiro atoms. The van der Waals surface area contributed by atoms with Crippen molar-refractivity contribution in [1.82, 2.24) is 0 Å². The van der Waals surface area contributed by atoms with Crippen LogP contribution >= 0.6 is 22.6 Å². The fraction of sp³-hybridized carbons (Fsp3) is 0.500. The van der Waals surface area contributed by atoms with E-state index in [-0.39, 0.29) is 0 Å². The Morgan fingerprint density at radius 2 is 2.40 bits per heavy atom. The molecule has 0 unspecified atom stereocenters. The average Bonchev–Trinajstić information content (AvgIpc) is 1.99. The van der Waals surface area contributed by atoms with Crippen LogP contribution in [0.3, 0.4) is 0 Å². The fourth-order valence-corrected chi connectivity index (χ4v) is 1.19. The van der Waals surface area contributed by atoms with E-state index < -0.39 is 0 Å². The lowest BCUT2D eigenvalue weighted by molar-refractivity contribution is 0.277. The second kappa shape index (κ2) is 7.12. The number of unbranched alkanes of at least 4 members (excludes halogenated alkanes) is 1. The highest BCUT2D eigenvalue weighted by molar-refractivity contribution is 14.1. The van der Waals surface area contributed by atoms with Gasteiger partial charge in [-0.3, -0.25) is 0 Å². The van der Waals surface area contributed by atoms with E-state index in [0.29, 0.717) is 0 Å². The van der Waals surface area contributed by atoms with Gasteiger partial charge in [0.1, 0.15) is 5.76 Å². The lowest BCUT2D eigenvalue weighted by Crippen LogP contribution is -1.84. The van der Waals surface area contributed by atoms with Gasteiger partial charge >= 0.3 is 0 Å². The molecule has 0 radical (unpaired) electrons. The standard InChI is InChI=1S/C8H13IO/c1-3-4-5-6-8(7-9)10-2/h3,7H,1,4-6H2,2H3/b8-7+. The van der Waals surface area contributed by atoms with Gasteiger partial charge in [-0.05, 0) is 35.4 Å². The summed E-state index contributed by atoms with van der Waals surface area (Å²) in [5, 5.41) is 0. The predicted octanol–water partition coefficient (Wildman–Crippen LogP) is 3.27. The summed E-state index contributed by atoms with van der Waals surface area (Å²) < 4.78 is 7.04. The molecule has 0 aromatic heterocycles.